The smallest absolute Gasteiger partial charge is 0.191 e. The Morgan fingerprint density at radius 3 is 2.71 bits per heavy atom. The van der Waals surface area contributed by atoms with Crippen LogP contribution in [0.1, 0.15) is 19.3 Å². The van der Waals surface area contributed by atoms with E-state index in [4.69, 9.17) is 21.2 Å². The molecule has 1 saturated heterocycles. The number of piperidine rings is 1. The molecule has 0 amide bonds. The Bertz CT molecular complexity index is 995. The average Bonchev–Trinajstić information content (AvgIpc) is 2.72. The second kappa shape index (κ2) is 8.16. The minimum Gasteiger partial charge on any atom is -0.493 e. The lowest BCUT2D eigenvalue weighted by molar-refractivity contribution is -0.0734. The van der Waals surface area contributed by atoms with E-state index in [2.05, 4.69) is 15.3 Å². The van der Waals surface area contributed by atoms with Crippen molar-refractivity contribution in [1.82, 2.24) is 15.0 Å². The minimum absolute atomic E-state index is 0.0400. The molecular formula is C20H20ClFN4O2. The van der Waals surface area contributed by atoms with Crippen molar-refractivity contribution < 1.29 is 14.0 Å². The highest BCUT2D eigenvalue weighted by Crippen LogP contribution is 2.36. The van der Waals surface area contributed by atoms with Crippen LogP contribution in [-0.4, -0.2) is 35.2 Å². The molecule has 2 aromatic carbocycles. The number of halogens is 2. The van der Waals surface area contributed by atoms with Crippen LogP contribution >= 0.6 is 11.6 Å². The van der Waals surface area contributed by atoms with Gasteiger partial charge in [0.15, 0.2) is 17.3 Å². The van der Waals surface area contributed by atoms with Crippen LogP contribution in [-0.2, 0) is 0 Å². The number of aromatic nitrogens is 2. The molecule has 0 unspecified atom stereocenters. The van der Waals surface area contributed by atoms with E-state index in [1.807, 2.05) is 11.1 Å². The highest BCUT2D eigenvalue weighted by Gasteiger charge is 2.17. The van der Waals surface area contributed by atoms with Crippen LogP contribution in [0, 0.1) is 5.82 Å². The number of fused-ring (bicyclic) bond motifs is 1. The molecule has 6 nitrogen and oxygen atoms in total. The number of nitrogens with one attached hydrogen (secondary N) is 1. The first kappa shape index (κ1) is 18.7. The number of benzene rings is 2. The number of hydrogen-bond acceptors (Lipinski definition) is 6. The molecule has 1 aliphatic heterocycles. The fourth-order valence-electron chi connectivity index (χ4n) is 3.22. The van der Waals surface area contributed by atoms with Crippen molar-refractivity contribution in [2.24, 2.45) is 0 Å². The lowest BCUT2D eigenvalue weighted by Gasteiger charge is -2.26. The Labute approximate surface area is 167 Å². The van der Waals surface area contributed by atoms with E-state index in [0.29, 0.717) is 28.2 Å². The Morgan fingerprint density at radius 2 is 1.93 bits per heavy atom. The molecule has 2 heterocycles. The van der Waals surface area contributed by atoms with E-state index in [0.717, 1.165) is 25.9 Å². The molecule has 0 radical (unpaired) electrons. The first-order valence-corrected chi connectivity index (χ1v) is 9.50. The number of nitrogens with zero attached hydrogens (tertiary/aromatic N) is 3. The Balaban J connectivity index is 1.70. The number of rotatable bonds is 5. The van der Waals surface area contributed by atoms with Crippen molar-refractivity contribution in [1.29, 1.82) is 0 Å². The third-order valence-corrected chi connectivity index (χ3v) is 4.96. The van der Waals surface area contributed by atoms with Crippen LogP contribution in [0.4, 0.5) is 15.9 Å². The maximum atomic E-state index is 14.3. The largest absolute Gasteiger partial charge is 0.493 e. The number of ether oxygens (including phenoxy) is 1. The molecule has 0 saturated carbocycles. The molecule has 1 aromatic heterocycles. The molecule has 0 spiro atoms. The molecule has 0 atom stereocenters. The minimum atomic E-state index is -0.534. The van der Waals surface area contributed by atoms with E-state index < -0.39 is 5.82 Å². The summed E-state index contributed by atoms with van der Waals surface area (Å²) in [6.45, 7) is 1.76. The van der Waals surface area contributed by atoms with E-state index in [-0.39, 0.29) is 10.7 Å². The SMILES string of the molecule is COc1cc2c(Nc3cccc(Cl)c3F)ncnc2cc1ON1CCCCC1. The van der Waals surface area contributed by atoms with Gasteiger partial charge < -0.3 is 14.9 Å². The number of methoxy groups -OCH3 is 1. The third kappa shape index (κ3) is 3.81. The van der Waals surface area contributed by atoms with Crippen molar-refractivity contribution in [3.05, 3.63) is 47.5 Å². The average molecular weight is 403 g/mol. The standard InChI is InChI=1S/C20H20ClFN4O2/c1-27-17-10-13-16(11-18(17)28-26-8-3-2-4-9-26)23-12-24-20(13)25-15-7-5-6-14(21)19(15)22/h5-7,10-12H,2-4,8-9H2,1H3,(H,23,24,25). The van der Waals surface area contributed by atoms with Gasteiger partial charge in [0.2, 0.25) is 0 Å². The maximum Gasteiger partial charge on any atom is 0.191 e. The molecule has 1 N–H and O–H groups in total. The summed E-state index contributed by atoms with van der Waals surface area (Å²) in [6, 6.07) is 8.36. The van der Waals surface area contributed by atoms with Gasteiger partial charge in [-0.25, -0.2) is 14.4 Å². The number of hydroxylamine groups is 2. The first-order valence-electron chi connectivity index (χ1n) is 9.12. The number of anilines is 2. The Kier molecular flexibility index (Phi) is 5.45. The second-order valence-electron chi connectivity index (χ2n) is 6.55. The zero-order valence-electron chi connectivity index (χ0n) is 15.4. The van der Waals surface area contributed by atoms with Crippen molar-refractivity contribution in [2.75, 3.05) is 25.5 Å². The molecule has 0 aliphatic carbocycles. The van der Waals surface area contributed by atoms with E-state index in [1.54, 1.807) is 25.3 Å². The van der Waals surface area contributed by atoms with Gasteiger partial charge in [-0.1, -0.05) is 24.1 Å². The second-order valence-corrected chi connectivity index (χ2v) is 6.96. The molecule has 1 aliphatic rings. The van der Waals surface area contributed by atoms with Gasteiger partial charge in [0.05, 0.1) is 23.3 Å². The van der Waals surface area contributed by atoms with Crippen LogP contribution in [0.25, 0.3) is 10.9 Å². The Hall–Kier alpha value is -2.64. The quantitative estimate of drug-likeness (QED) is 0.651. The molecule has 1 fully saturated rings. The molecule has 28 heavy (non-hydrogen) atoms. The fourth-order valence-corrected chi connectivity index (χ4v) is 3.39. The van der Waals surface area contributed by atoms with Gasteiger partial charge in [-0.2, -0.15) is 0 Å². The zero-order chi connectivity index (χ0) is 19.5. The molecule has 4 rings (SSSR count). The molecule has 8 heteroatoms. The van der Waals surface area contributed by atoms with Crippen molar-refractivity contribution in [2.45, 2.75) is 19.3 Å². The van der Waals surface area contributed by atoms with Gasteiger partial charge in [-0.3, -0.25) is 0 Å². The molecular weight excluding hydrogens is 383 g/mol. The van der Waals surface area contributed by atoms with Gasteiger partial charge >= 0.3 is 0 Å². The monoisotopic (exact) mass is 402 g/mol. The lowest BCUT2D eigenvalue weighted by Crippen LogP contribution is -2.32. The van der Waals surface area contributed by atoms with Crippen molar-refractivity contribution in [3.63, 3.8) is 0 Å². The Morgan fingerprint density at radius 1 is 1.11 bits per heavy atom. The van der Waals surface area contributed by atoms with Crippen LogP contribution in [0.5, 0.6) is 11.5 Å². The van der Waals surface area contributed by atoms with E-state index in [1.165, 1.54) is 18.8 Å². The summed E-state index contributed by atoms with van der Waals surface area (Å²) in [5.41, 5.74) is 0.896. The van der Waals surface area contributed by atoms with Crippen LogP contribution in [0.15, 0.2) is 36.7 Å². The molecule has 146 valence electrons. The predicted molar refractivity (Wildman–Crippen MR) is 107 cm³/mol. The van der Waals surface area contributed by atoms with Gasteiger partial charge in [-0.05, 0) is 31.0 Å². The third-order valence-electron chi connectivity index (χ3n) is 4.67. The van der Waals surface area contributed by atoms with Crippen molar-refractivity contribution >= 4 is 34.0 Å². The van der Waals surface area contributed by atoms with Gasteiger partial charge in [0.25, 0.3) is 0 Å². The van der Waals surface area contributed by atoms with Crippen LogP contribution in [0.2, 0.25) is 5.02 Å². The summed E-state index contributed by atoms with van der Waals surface area (Å²) in [6.07, 6.45) is 4.86. The highest BCUT2D eigenvalue weighted by atomic mass is 35.5. The van der Waals surface area contributed by atoms with Crippen molar-refractivity contribution in [3.8, 4) is 11.5 Å². The molecule has 0 bridgehead atoms. The highest BCUT2D eigenvalue weighted by molar-refractivity contribution is 6.31. The van der Waals surface area contributed by atoms with Gasteiger partial charge in [0, 0.05) is 24.5 Å². The zero-order valence-corrected chi connectivity index (χ0v) is 16.2. The first-order chi connectivity index (χ1) is 13.7. The summed E-state index contributed by atoms with van der Waals surface area (Å²) < 4.78 is 19.8. The van der Waals surface area contributed by atoms with E-state index >= 15 is 0 Å². The summed E-state index contributed by atoms with van der Waals surface area (Å²) in [5.74, 6) is 1.07. The lowest BCUT2D eigenvalue weighted by atomic mass is 10.2. The van der Waals surface area contributed by atoms with Gasteiger partial charge in [0.1, 0.15) is 12.1 Å². The summed E-state index contributed by atoms with van der Waals surface area (Å²) in [7, 11) is 1.58. The topological polar surface area (TPSA) is 59.5 Å². The predicted octanol–water partition coefficient (Wildman–Crippen LogP) is 4.95. The summed E-state index contributed by atoms with van der Waals surface area (Å²) in [5, 5.41) is 5.66. The van der Waals surface area contributed by atoms with Gasteiger partial charge in [-0.15, -0.1) is 5.06 Å². The van der Waals surface area contributed by atoms with E-state index in [9.17, 15) is 4.39 Å². The maximum absolute atomic E-state index is 14.3. The van der Waals surface area contributed by atoms with Crippen LogP contribution in [0.3, 0.4) is 0 Å². The summed E-state index contributed by atoms with van der Waals surface area (Å²) >= 11 is 5.87. The fraction of sp³-hybridized carbons (Fsp3) is 0.300. The molecule has 3 aromatic rings. The van der Waals surface area contributed by atoms with Crippen LogP contribution < -0.4 is 14.9 Å². The normalized spacial score (nSPS) is 14.8. The summed E-state index contributed by atoms with van der Waals surface area (Å²) in [4.78, 5) is 14.6. The number of hydrogen-bond donors (Lipinski definition) is 1.